The minimum absolute atomic E-state index is 0.762. The van der Waals surface area contributed by atoms with E-state index >= 15 is 0 Å². The third-order valence-corrected chi connectivity index (χ3v) is 5.69. The van der Waals surface area contributed by atoms with Crippen molar-refractivity contribution >= 4 is 36.8 Å². The molecule has 0 aliphatic heterocycles. The van der Waals surface area contributed by atoms with Crippen LogP contribution in [0.5, 0.6) is 5.75 Å². The summed E-state index contributed by atoms with van der Waals surface area (Å²) in [5.41, 5.74) is 0.917. The molecule has 0 saturated heterocycles. The van der Waals surface area contributed by atoms with Crippen molar-refractivity contribution in [2.24, 2.45) is 0 Å². The van der Waals surface area contributed by atoms with Crippen LogP contribution in [-0.2, 0) is 0 Å². The van der Waals surface area contributed by atoms with Gasteiger partial charge in [-0.15, -0.1) is 0 Å². The van der Waals surface area contributed by atoms with E-state index in [0.717, 1.165) is 30.7 Å². The van der Waals surface area contributed by atoms with E-state index in [1.165, 1.54) is 0 Å². The first-order chi connectivity index (χ1) is 9.22. The summed E-state index contributed by atoms with van der Waals surface area (Å²) in [6.45, 7) is 0. The van der Waals surface area contributed by atoms with Crippen molar-refractivity contribution in [1.29, 1.82) is 0 Å². The van der Waals surface area contributed by atoms with Crippen molar-refractivity contribution in [2.75, 3.05) is 7.11 Å². The lowest BCUT2D eigenvalue weighted by Gasteiger charge is -2.03. The lowest BCUT2D eigenvalue weighted by Crippen LogP contribution is -1.83. The first kappa shape index (κ1) is 12.7. The normalized spacial score (nSPS) is 11.8. The summed E-state index contributed by atoms with van der Waals surface area (Å²) in [4.78, 5) is 0.806. The largest absolute Gasteiger partial charge is 0.590 e. The van der Waals surface area contributed by atoms with E-state index < -0.39 is 10.8 Å². The number of hydrogen-bond acceptors (Lipinski definition) is 2. The molecular formula is C15H11BrO2S. The molecule has 1 unspecified atom stereocenters. The average Bonchev–Trinajstić information content (AvgIpc) is 2.72. The molecule has 0 aliphatic rings. The van der Waals surface area contributed by atoms with Crippen molar-refractivity contribution in [3.05, 3.63) is 53.0 Å². The van der Waals surface area contributed by atoms with Gasteiger partial charge in [0.1, 0.15) is 5.75 Å². The van der Waals surface area contributed by atoms with Gasteiger partial charge in [0.05, 0.1) is 17.0 Å². The van der Waals surface area contributed by atoms with Gasteiger partial charge in [-0.05, 0) is 57.0 Å². The molecule has 2 nitrogen and oxygen atoms in total. The highest BCUT2D eigenvalue weighted by Gasteiger charge is 2.22. The molecule has 0 aliphatic carbocycles. The van der Waals surface area contributed by atoms with Crippen molar-refractivity contribution in [2.45, 2.75) is 0 Å². The molecule has 0 spiro atoms. The van der Waals surface area contributed by atoms with Gasteiger partial charge in [0, 0.05) is 5.56 Å². The van der Waals surface area contributed by atoms with Crippen LogP contribution in [0.2, 0.25) is 0 Å². The van der Waals surface area contributed by atoms with Gasteiger partial charge < -0.3 is 9.29 Å². The van der Waals surface area contributed by atoms with Gasteiger partial charge in [0.2, 0.25) is 0 Å². The molecular weight excluding hydrogens is 324 g/mol. The van der Waals surface area contributed by atoms with E-state index in [4.69, 9.17) is 4.74 Å². The van der Waals surface area contributed by atoms with Crippen LogP contribution < -0.4 is 4.74 Å². The second-order valence-electron chi connectivity index (χ2n) is 4.14. The Morgan fingerprint density at radius 3 is 2.63 bits per heavy atom. The smallest absolute Gasteiger partial charge is 0.195 e. The van der Waals surface area contributed by atoms with Gasteiger partial charge in [0.25, 0.3) is 0 Å². The molecule has 0 radical (unpaired) electrons. The lowest BCUT2D eigenvalue weighted by atomic mass is 10.1. The van der Waals surface area contributed by atoms with Gasteiger partial charge in [-0.3, -0.25) is 0 Å². The van der Waals surface area contributed by atoms with Crippen LogP contribution in [0, 0.1) is 0 Å². The van der Waals surface area contributed by atoms with E-state index in [9.17, 15) is 4.55 Å². The van der Waals surface area contributed by atoms with Crippen LogP contribution >= 0.6 is 26.7 Å². The van der Waals surface area contributed by atoms with Gasteiger partial charge >= 0.3 is 0 Å². The van der Waals surface area contributed by atoms with Crippen molar-refractivity contribution in [3.8, 4) is 16.2 Å². The maximum Gasteiger partial charge on any atom is 0.195 e. The molecule has 0 fully saturated rings. The van der Waals surface area contributed by atoms with Crippen LogP contribution in [-0.4, -0.2) is 11.7 Å². The molecule has 3 rings (SSSR count). The summed E-state index contributed by atoms with van der Waals surface area (Å²) >= 11 is 3.57. The number of ether oxygens (including phenoxy) is 1. The summed E-state index contributed by atoms with van der Waals surface area (Å²) in [7, 11) is 0.478. The SMILES string of the molecule is COc1cccc(-c2c(Br)c3ccccc3[s+]2[O-])c1. The Balaban J connectivity index is 2.30. The van der Waals surface area contributed by atoms with Crippen LogP contribution in [0.15, 0.2) is 53.0 Å². The highest BCUT2D eigenvalue weighted by atomic mass is 79.9. The predicted molar refractivity (Wildman–Crippen MR) is 82.3 cm³/mol. The number of fused-ring (bicyclic) bond motifs is 1. The number of methoxy groups -OCH3 is 1. The van der Waals surface area contributed by atoms with Crippen molar-refractivity contribution in [3.63, 3.8) is 0 Å². The number of benzene rings is 2. The van der Waals surface area contributed by atoms with Crippen molar-refractivity contribution in [1.82, 2.24) is 0 Å². The Morgan fingerprint density at radius 2 is 1.89 bits per heavy atom. The monoisotopic (exact) mass is 334 g/mol. The minimum Gasteiger partial charge on any atom is -0.590 e. The average molecular weight is 335 g/mol. The highest BCUT2D eigenvalue weighted by molar-refractivity contribution is 9.10. The second-order valence-corrected chi connectivity index (χ2v) is 6.32. The highest BCUT2D eigenvalue weighted by Crippen LogP contribution is 2.47. The van der Waals surface area contributed by atoms with E-state index in [1.54, 1.807) is 7.11 Å². The zero-order valence-electron chi connectivity index (χ0n) is 10.2. The van der Waals surface area contributed by atoms with Gasteiger partial charge in [-0.2, -0.15) is 0 Å². The number of rotatable bonds is 2. The Hall–Kier alpha value is -1.36. The van der Waals surface area contributed by atoms with Crippen LogP contribution in [0.25, 0.3) is 20.5 Å². The second kappa shape index (κ2) is 4.96. The minimum atomic E-state index is -1.15. The van der Waals surface area contributed by atoms with Gasteiger partial charge in [-0.1, -0.05) is 18.2 Å². The molecule has 96 valence electrons. The van der Waals surface area contributed by atoms with E-state index in [-0.39, 0.29) is 0 Å². The number of halogens is 1. The summed E-state index contributed by atoms with van der Waals surface area (Å²) < 4.78 is 19.6. The van der Waals surface area contributed by atoms with Crippen molar-refractivity contribution < 1.29 is 9.29 Å². The third-order valence-electron chi connectivity index (χ3n) is 3.04. The Morgan fingerprint density at radius 1 is 1.11 bits per heavy atom. The summed E-state index contributed by atoms with van der Waals surface area (Å²) in [5.74, 6) is 0.762. The topological polar surface area (TPSA) is 32.3 Å². The molecule has 19 heavy (non-hydrogen) atoms. The quantitative estimate of drug-likeness (QED) is 0.617. The van der Waals surface area contributed by atoms with Crippen LogP contribution in [0.1, 0.15) is 0 Å². The molecule has 0 amide bonds. The molecule has 0 bridgehead atoms. The van der Waals surface area contributed by atoms with E-state index in [2.05, 4.69) is 15.9 Å². The fraction of sp³-hybridized carbons (Fsp3) is 0.0667. The summed E-state index contributed by atoms with van der Waals surface area (Å²) in [6.07, 6.45) is 0. The maximum absolute atomic E-state index is 12.6. The zero-order chi connectivity index (χ0) is 13.4. The molecule has 1 aromatic heterocycles. The Labute approximate surface area is 122 Å². The van der Waals surface area contributed by atoms with E-state index in [1.807, 2.05) is 48.5 Å². The van der Waals surface area contributed by atoms with E-state index in [0.29, 0.717) is 0 Å². The van der Waals surface area contributed by atoms with Crippen LogP contribution in [0.4, 0.5) is 0 Å². The predicted octanol–water partition coefficient (Wildman–Crippen LogP) is 5.01. The third kappa shape index (κ3) is 2.06. The number of hydrogen-bond donors (Lipinski definition) is 0. The zero-order valence-corrected chi connectivity index (χ0v) is 12.6. The van der Waals surface area contributed by atoms with Gasteiger partial charge in [0.15, 0.2) is 9.58 Å². The molecule has 0 N–H and O–H groups in total. The fourth-order valence-electron chi connectivity index (χ4n) is 2.12. The summed E-state index contributed by atoms with van der Waals surface area (Å²) in [6, 6.07) is 15.4. The Kier molecular flexibility index (Phi) is 3.31. The fourth-order valence-corrected chi connectivity index (χ4v) is 4.67. The molecule has 1 atom stereocenters. The summed E-state index contributed by atoms with van der Waals surface area (Å²) in [5, 5.41) is 0.999. The first-order valence-corrected chi connectivity index (χ1v) is 7.72. The molecule has 4 heteroatoms. The molecule has 1 heterocycles. The molecule has 2 aromatic carbocycles. The Bertz CT molecular complexity index is 710. The first-order valence-electron chi connectivity index (χ1n) is 5.77. The maximum atomic E-state index is 12.6. The number of thiophene rings is 1. The lowest BCUT2D eigenvalue weighted by molar-refractivity contribution is 0.415. The molecule has 0 saturated carbocycles. The van der Waals surface area contributed by atoms with Gasteiger partial charge in [-0.25, -0.2) is 0 Å². The van der Waals surface area contributed by atoms with Crippen LogP contribution in [0.3, 0.4) is 0 Å². The standard InChI is InChI=1S/C15H11BrO2S/c1-18-11-6-4-5-10(9-11)15-14(16)12-7-2-3-8-13(12)19(15)17/h2-9H,1H3. The molecule has 3 aromatic rings.